The highest BCUT2D eigenvalue weighted by Crippen LogP contribution is 2.21. The average molecular weight is 206 g/mol. The zero-order valence-electron chi connectivity index (χ0n) is 10.3. The molecular weight excluding hydrogens is 184 g/mol. The maximum atomic E-state index is 5.86. The van der Waals surface area contributed by atoms with E-state index in [1.165, 1.54) is 24.0 Å². The lowest BCUT2D eigenvalue weighted by Gasteiger charge is -2.15. The maximum absolute atomic E-state index is 5.86. The smallest absolute Gasteiger partial charge is 0.122 e. The van der Waals surface area contributed by atoms with Gasteiger partial charge in [0.1, 0.15) is 5.75 Å². The van der Waals surface area contributed by atoms with Gasteiger partial charge in [0.25, 0.3) is 0 Å². The molecule has 1 heteroatoms. The van der Waals surface area contributed by atoms with Gasteiger partial charge in [0.15, 0.2) is 0 Å². The van der Waals surface area contributed by atoms with E-state index in [0.29, 0.717) is 5.92 Å². The molecule has 0 fully saturated rings. The zero-order chi connectivity index (χ0) is 11.3. The lowest BCUT2D eigenvalue weighted by molar-refractivity contribution is 0.239. The molecule has 0 aliphatic heterocycles. The Hall–Kier alpha value is -0.980. The Labute approximate surface area is 93.5 Å². The second-order valence-electron chi connectivity index (χ2n) is 4.19. The zero-order valence-corrected chi connectivity index (χ0v) is 10.3. The first-order valence-corrected chi connectivity index (χ1v) is 5.88. The summed E-state index contributed by atoms with van der Waals surface area (Å²) in [7, 11) is 0. The van der Waals surface area contributed by atoms with E-state index >= 15 is 0 Å². The topological polar surface area (TPSA) is 9.23 Å². The van der Waals surface area contributed by atoms with Crippen LogP contribution >= 0.6 is 0 Å². The molecule has 1 aromatic carbocycles. The van der Waals surface area contributed by atoms with E-state index in [2.05, 4.69) is 45.9 Å². The van der Waals surface area contributed by atoms with Crippen molar-refractivity contribution in [2.75, 3.05) is 6.61 Å². The SMILES string of the molecule is CCC(CC)COc1cccc(C)c1C. The molecule has 0 aliphatic carbocycles. The van der Waals surface area contributed by atoms with E-state index in [1.807, 2.05) is 0 Å². The summed E-state index contributed by atoms with van der Waals surface area (Å²) in [4.78, 5) is 0. The number of aryl methyl sites for hydroxylation is 1. The highest BCUT2D eigenvalue weighted by atomic mass is 16.5. The fourth-order valence-corrected chi connectivity index (χ4v) is 1.61. The normalized spacial score (nSPS) is 10.7. The van der Waals surface area contributed by atoms with Gasteiger partial charge in [-0.1, -0.05) is 38.8 Å². The molecule has 0 N–H and O–H groups in total. The second kappa shape index (κ2) is 5.79. The summed E-state index contributed by atoms with van der Waals surface area (Å²) < 4.78 is 5.86. The fraction of sp³-hybridized carbons (Fsp3) is 0.571. The van der Waals surface area contributed by atoms with Crippen LogP contribution in [-0.2, 0) is 0 Å². The summed E-state index contributed by atoms with van der Waals surface area (Å²) in [6.45, 7) is 9.54. The monoisotopic (exact) mass is 206 g/mol. The van der Waals surface area contributed by atoms with Crippen molar-refractivity contribution in [1.82, 2.24) is 0 Å². The van der Waals surface area contributed by atoms with Crippen molar-refractivity contribution < 1.29 is 4.74 Å². The van der Waals surface area contributed by atoms with Crippen molar-refractivity contribution in [2.24, 2.45) is 5.92 Å². The van der Waals surface area contributed by atoms with E-state index in [9.17, 15) is 0 Å². The number of rotatable bonds is 5. The second-order valence-corrected chi connectivity index (χ2v) is 4.19. The molecular formula is C14H22O. The number of benzene rings is 1. The summed E-state index contributed by atoms with van der Waals surface area (Å²) in [5, 5.41) is 0. The quantitative estimate of drug-likeness (QED) is 0.704. The van der Waals surface area contributed by atoms with E-state index in [-0.39, 0.29) is 0 Å². The molecule has 0 bridgehead atoms. The Bertz CT molecular complexity index is 300. The van der Waals surface area contributed by atoms with E-state index in [1.54, 1.807) is 0 Å². The predicted octanol–water partition coefficient (Wildman–Crippen LogP) is 4.12. The molecule has 0 amide bonds. The van der Waals surface area contributed by atoms with Crippen molar-refractivity contribution in [3.63, 3.8) is 0 Å². The maximum Gasteiger partial charge on any atom is 0.122 e. The van der Waals surface area contributed by atoms with Gasteiger partial charge < -0.3 is 4.74 Å². The van der Waals surface area contributed by atoms with Crippen LogP contribution in [0.5, 0.6) is 5.75 Å². The van der Waals surface area contributed by atoms with Crippen LogP contribution in [0, 0.1) is 19.8 Å². The van der Waals surface area contributed by atoms with Crippen LogP contribution in [0.25, 0.3) is 0 Å². The highest BCUT2D eigenvalue weighted by molar-refractivity contribution is 5.38. The molecule has 15 heavy (non-hydrogen) atoms. The van der Waals surface area contributed by atoms with Gasteiger partial charge in [-0.05, 0) is 37.0 Å². The molecule has 0 radical (unpaired) electrons. The summed E-state index contributed by atoms with van der Waals surface area (Å²) in [6, 6.07) is 6.24. The Balaban J connectivity index is 2.61. The van der Waals surface area contributed by atoms with Crippen molar-refractivity contribution >= 4 is 0 Å². The number of hydrogen-bond donors (Lipinski definition) is 0. The van der Waals surface area contributed by atoms with Gasteiger partial charge in [0, 0.05) is 0 Å². The van der Waals surface area contributed by atoms with E-state index < -0.39 is 0 Å². The van der Waals surface area contributed by atoms with Crippen LogP contribution in [0.2, 0.25) is 0 Å². The highest BCUT2D eigenvalue weighted by Gasteiger charge is 2.06. The summed E-state index contributed by atoms with van der Waals surface area (Å²) >= 11 is 0. The first-order valence-electron chi connectivity index (χ1n) is 5.88. The molecule has 0 saturated heterocycles. The predicted molar refractivity (Wildman–Crippen MR) is 65.5 cm³/mol. The summed E-state index contributed by atoms with van der Waals surface area (Å²) in [5.74, 6) is 1.73. The number of ether oxygens (including phenoxy) is 1. The van der Waals surface area contributed by atoms with Gasteiger partial charge in [-0.2, -0.15) is 0 Å². The van der Waals surface area contributed by atoms with Gasteiger partial charge in [-0.3, -0.25) is 0 Å². The van der Waals surface area contributed by atoms with Crippen LogP contribution in [0.1, 0.15) is 37.8 Å². The minimum atomic E-state index is 0.685. The van der Waals surface area contributed by atoms with Crippen LogP contribution in [-0.4, -0.2) is 6.61 Å². The number of hydrogen-bond acceptors (Lipinski definition) is 1. The first-order chi connectivity index (χ1) is 7.19. The molecule has 0 aromatic heterocycles. The van der Waals surface area contributed by atoms with Gasteiger partial charge in [0.05, 0.1) is 6.61 Å². The lowest BCUT2D eigenvalue weighted by atomic mass is 10.1. The molecule has 0 spiro atoms. The molecule has 0 unspecified atom stereocenters. The molecule has 0 atom stereocenters. The van der Waals surface area contributed by atoms with Gasteiger partial charge >= 0.3 is 0 Å². The molecule has 84 valence electrons. The first kappa shape index (κ1) is 12.1. The minimum absolute atomic E-state index is 0.685. The third-order valence-electron chi connectivity index (χ3n) is 3.18. The summed E-state index contributed by atoms with van der Waals surface area (Å²) in [6.07, 6.45) is 2.39. The lowest BCUT2D eigenvalue weighted by Crippen LogP contribution is -2.10. The average Bonchev–Trinajstić information content (AvgIpc) is 2.25. The van der Waals surface area contributed by atoms with Crippen LogP contribution in [0.15, 0.2) is 18.2 Å². The van der Waals surface area contributed by atoms with Gasteiger partial charge in [-0.25, -0.2) is 0 Å². The Morgan fingerprint density at radius 1 is 1.13 bits per heavy atom. The van der Waals surface area contributed by atoms with Gasteiger partial charge in [-0.15, -0.1) is 0 Å². The van der Waals surface area contributed by atoms with E-state index in [0.717, 1.165) is 12.4 Å². The van der Waals surface area contributed by atoms with Crippen molar-refractivity contribution in [1.29, 1.82) is 0 Å². The standard InChI is InChI=1S/C14H22O/c1-5-13(6-2)10-15-14-9-7-8-11(3)12(14)4/h7-9,13H,5-6,10H2,1-4H3. The molecule has 1 rings (SSSR count). The third kappa shape index (κ3) is 3.26. The fourth-order valence-electron chi connectivity index (χ4n) is 1.61. The molecule has 0 heterocycles. The minimum Gasteiger partial charge on any atom is -0.493 e. The molecule has 0 saturated carbocycles. The van der Waals surface area contributed by atoms with Crippen LogP contribution < -0.4 is 4.74 Å². The van der Waals surface area contributed by atoms with Crippen molar-refractivity contribution in [3.05, 3.63) is 29.3 Å². The molecule has 1 aromatic rings. The van der Waals surface area contributed by atoms with Crippen molar-refractivity contribution in [2.45, 2.75) is 40.5 Å². The largest absolute Gasteiger partial charge is 0.493 e. The van der Waals surface area contributed by atoms with Crippen molar-refractivity contribution in [3.8, 4) is 5.75 Å². The molecule has 0 aliphatic rings. The Morgan fingerprint density at radius 2 is 1.80 bits per heavy atom. The van der Waals surface area contributed by atoms with E-state index in [4.69, 9.17) is 4.74 Å². The third-order valence-corrected chi connectivity index (χ3v) is 3.18. The van der Waals surface area contributed by atoms with Gasteiger partial charge in [0.2, 0.25) is 0 Å². The Morgan fingerprint density at radius 3 is 2.40 bits per heavy atom. The summed E-state index contributed by atoms with van der Waals surface area (Å²) in [5.41, 5.74) is 2.57. The van der Waals surface area contributed by atoms with Crippen LogP contribution in [0.3, 0.4) is 0 Å². The van der Waals surface area contributed by atoms with Crippen LogP contribution in [0.4, 0.5) is 0 Å². The Kier molecular flexibility index (Phi) is 4.67. The molecule has 1 nitrogen and oxygen atoms in total.